The average molecular weight is 560 g/mol. The Hall–Kier alpha value is -2.16. The van der Waals surface area contributed by atoms with Gasteiger partial charge in [0.2, 0.25) is 0 Å². The third-order valence-electron chi connectivity index (χ3n) is 7.20. The van der Waals surface area contributed by atoms with Gasteiger partial charge in [-0.15, -0.1) is 0 Å². The predicted octanol–water partition coefficient (Wildman–Crippen LogP) is 9.98. The van der Waals surface area contributed by atoms with Crippen LogP contribution >= 0.6 is 31.9 Å². The summed E-state index contributed by atoms with van der Waals surface area (Å²) in [7, 11) is 0. The van der Waals surface area contributed by atoms with Crippen LogP contribution in [0.5, 0.6) is 0 Å². The van der Waals surface area contributed by atoms with E-state index in [2.05, 4.69) is 132 Å². The van der Waals surface area contributed by atoms with Crippen LogP contribution in [0.1, 0.15) is 49.9 Å². The van der Waals surface area contributed by atoms with Crippen molar-refractivity contribution in [3.8, 4) is 33.4 Å². The number of hydrogen-bond donors (Lipinski definition) is 0. The van der Waals surface area contributed by atoms with Gasteiger partial charge in [0.05, 0.1) is 0 Å². The van der Waals surface area contributed by atoms with Crippen LogP contribution in [0.2, 0.25) is 0 Å². The van der Waals surface area contributed by atoms with Crippen molar-refractivity contribution in [1.82, 2.24) is 0 Å². The van der Waals surface area contributed by atoms with Crippen molar-refractivity contribution in [1.29, 1.82) is 0 Å². The molecule has 166 valence electrons. The van der Waals surface area contributed by atoms with Crippen LogP contribution < -0.4 is 0 Å². The third-order valence-corrected chi connectivity index (χ3v) is 8.18. The summed E-state index contributed by atoms with van der Waals surface area (Å²) in [6.07, 6.45) is 2.04. The maximum Gasteiger partial charge on any atom is 0.0178 e. The Balaban J connectivity index is 1.60. The smallest absolute Gasteiger partial charge is 0.0178 e. The molecule has 0 atom stereocenters. The van der Waals surface area contributed by atoms with Crippen molar-refractivity contribution in [2.24, 2.45) is 0 Å². The Bertz CT molecular complexity index is 1380. The molecule has 4 aromatic carbocycles. The largest absolute Gasteiger partial charge is 0.0613 e. The standard InChI is InChI=1S/C31H28Br2/c1-5-19-15-21(7-11-25(19)26-13-9-23(32)16-20(26)6-2)22-8-12-27-28-14-10-24(33)18-30(28)31(3,4)29(27)17-22/h7-18H,5-6H2,1-4H3. The molecular formula is C31H28Br2. The quantitative estimate of drug-likeness (QED) is 0.233. The fourth-order valence-corrected chi connectivity index (χ4v) is 6.10. The Kier molecular flexibility index (Phi) is 5.87. The van der Waals surface area contributed by atoms with E-state index in [0.29, 0.717) is 0 Å². The molecule has 0 spiro atoms. The van der Waals surface area contributed by atoms with Crippen molar-refractivity contribution in [2.45, 2.75) is 46.0 Å². The van der Waals surface area contributed by atoms with Gasteiger partial charge in [-0.2, -0.15) is 0 Å². The lowest BCUT2D eigenvalue weighted by Crippen LogP contribution is -2.15. The molecule has 0 saturated carbocycles. The zero-order valence-corrected chi connectivity index (χ0v) is 22.8. The van der Waals surface area contributed by atoms with Crippen LogP contribution in [-0.4, -0.2) is 0 Å². The van der Waals surface area contributed by atoms with E-state index in [0.717, 1.165) is 21.8 Å². The van der Waals surface area contributed by atoms with E-state index in [4.69, 9.17) is 0 Å². The van der Waals surface area contributed by atoms with Crippen molar-refractivity contribution in [2.75, 3.05) is 0 Å². The number of fused-ring (bicyclic) bond motifs is 3. The van der Waals surface area contributed by atoms with Crippen LogP contribution in [0.15, 0.2) is 81.7 Å². The highest BCUT2D eigenvalue weighted by Crippen LogP contribution is 2.50. The minimum Gasteiger partial charge on any atom is -0.0613 e. The van der Waals surface area contributed by atoms with Crippen LogP contribution in [0, 0.1) is 0 Å². The molecule has 2 heteroatoms. The third kappa shape index (κ3) is 3.82. The summed E-state index contributed by atoms with van der Waals surface area (Å²) in [6, 6.07) is 27.4. The van der Waals surface area contributed by atoms with E-state index in [9.17, 15) is 0 Å². The van der Waals surface area contributed by atoms with Crippen LogP contribution in [0.4, 0.5) is 0 Å². The van der Waals surface area contributed by atoms with Crippen molar-refractivity contribution in [3.05, 3.63) is 104 Å². The topological polar surface area (TPSA) is 0 Å². The van der Waals surface area contributed by atoms with Crippen molar-refractivity contribution >= 4 is 31.9 Å². The van der Waals surface area contributed by atoms with E-state index in [1.165, 1.54) is 55.6 Å². The van der Waals surface area contributed by atoms with Crippen LogP contribution in [-0.2, 0) is 18.3 Å². The zero-order chi connectivity index (χ0) is 23.3. The van der Waals surface area contributed by atoms with E-state index in [1.54, 1.807) is 0 Å². The fourth-order valence-electron chi connectivity index (χ4n) is 5.34. The Morgan fingerprint density at radius 1 is 0.545 bits per heavy atom. The number of rotatable bonds is 4. The van der Waals surface area contributed by atoms with E-state index >= 15 is 0 Å². The SMILES string of the molecule is CCc1cc(Br)ccc1-c1ccc(-c2ccc3c(c2)C(C)(C)c2cc(Br)ccc2-3)cc1CC. The maximum atomic E-state index is 3.67. The summed E-state index contributed by atoms with van der Waals surface area (Å²) in [5.74, 6) is 0. The molecule has 0 bridgehead atoms. The minimum absolute atomic E-state index is 0.00850. The first-order valence-corrected chi connectivity index (χ1v) is 13.3. The second-order valence-corrected chi connectivity index (χ2v) is 11.3. The monoisotopic (exact) mass is 558 g/mol. The molecule has 0 fully saturated rings. The van der Waals surface area contributed by atoms with Crippen molar-refractivity contribution in [3.63, 3.8) is 0 Å². The highest BCUT2D eigenvalue weighted by molar-refractivity contribution is 9.10. The average Bonchev–Trinajstić information content (AvgIpc) is 3.04. The summed E-state index contributed by atoms with van der Waals surface area (Å²) in [4.78, 5) is 0. The molecule has 0 aliphatic heterocycles. The number of halogens is 2. The Morgan fingerprint density at radius 2 is 1.00 bits per heavy atom. The second kappa shape index (κ2) is 8.56. The van der Waals surface area contributed by atoms with Crippen LogP contribution in [0.3, 0.4) is 0 Å². The molecule has 5 rings (SSSR count). The van der Waals surface area contributed by atoms with Gasteiger partial charge in [-0.25, -0.2) is 0 Å². The van der Waals surface area contributed by atoms with Gasteiger partial charge >= 0.3 is 0 Å². The lowest BCUT2D eigenvalue weighted by atomic mass is 9.81. The normalized spacial score (nSPS) is 13.6. The molecule has 0 radical (unpaired) electrons. The first-order valence-electron chi connectivity index (χ1n) is 11.7. The molecule has 0 N–H and O–H groups in total. The Morgan fingerprint density at radius 3 is 1.64 bits per heavy atom. The predicted molar refractivity (Wildman–Crippen MR) is 149 cm³/mol. The molecule has 0 unspecified atom stereocenters. The van der Waals surface area contributed by atoms with Gasteiger partial charge in [0.1, 0.15) is 0 Å². The van der Waals surface area contributed by atoms with Gasteiger partial charge < -0.3 is 0 Å². The van der Waals surface area contributed by atoms with E-state index in [-0.39, 0.29) is 5.41 Å². The van der Waals surface area contributed by atoms with E-state index < -0.39 is 0 Å². The molecule has 1 aliphatic rings. The molecule has 33 heavy (non-hydrogen) atoms. The second-order valence-electron chi connectivity index (χ2n) is 9.46. The Labute approximate surface area is 214 Å². The molecule has 0 heterocycles. The highest BCUT2D eigenvalue weighted by atomic mass is 79.9. The minimum atomic E-state index is -0.00850. The summed E-state index contributed by atoms with van der Waals surface area (Å²) in [5, 5.41) is 0. The van der Waals surface area contributed by atoms with Gasteiger partial charge in [0.15, 0.2) is 0 Å². The molecular weight excluding hydrogens is 532 g/mol. The summed E-state index contributed by atoms with van der Waals surface area (Å²) >= 11 is 7.30. The number of benzene rings is 4. The van der Waals surface area contributed by atoms with Gasteiger partial charge in [-0.05, 0) is 98.8 Å². The van der Waals surface area contributed by atoms with Crippen molar-refractivity contribution < 1.29 is 0 Å². The van der Waals surface area contributed by atoms with Gasteiger partial charge in [-0.3, -0.25) is 0 Å². The van der Waals surface area contributed by atoms with Gasteiger partial charge in [-0.1, -0.05) is 102 Å². The number of aryl methyl sites for hydroxylation is 2. The molecule has 4 aromatic rings. The lowest BCUT2D eigenvalue weighted by molar-refractivity contribution is 0.660. The summed E-state index contributed by atoms with van der Waals surface area (Å²) < 4.78 is 2.29. The first kappa shape index (κ1) is 22.6. The fraction of sp³-hybridized carbons (Fsp3) is 0.226. The van der Waals surface area contributed by atoms with E-state index in [1.807, 2.05) is 0 Å². The summed E-state index contributed by atoms with van der Waals surface area (Å²) in [6.45, 7) is 9.17. The molecule has 0 nitrogen and oxygen atoms in total. The first-order chi connectivity index (χ1) is 15.8. The molecule has 0 aromatic heterocycles. The molecule has 0 saturated heterocycles. The highest BCUT2D eigenvalue weighted by Gasteiger charge is 2.35. The van der Waals surface area contributed by atoms with Crippen LogP contribution in [0.25, 0.3) is 33.4 Å². The maximum absolute atomic E-state index is 3.67. The lowest BCUT2D eigenvalue weighted by Gasteiger charge is -2.22. The summed E-state index contributed by atoms with van der Waals surface area (Å²) in [5.41, 5.74) is 13.6. The zero-order valence-electron chi connectivity index (χ0n) is 19.6. The van der Waals surface area contributed by atoms with Gasteiger partial charge in [0, 0.05) is 14.4 Å². The molecule has 1 aliphatic carbocycles. The van der Waals surface area contributed by atoms with Gasteiger partial charge in [0.25, 0.3) is 0 Å². The number of hydrogen-bond acceptors (Lipinski definition) is 0. The molecule has 0 amide bonds.